The molecule has 0 aromatic rings. The molecule has 0 spiro atoms. The van der Waals surface area contributed by atoms with E-state index in [-0.39, 0.29) is 0 Å². The van der Waals surface area contributed by atoms with Gasteiger partial charge in [-0.05, 0) is 26.2 Å². The monoisotopic (exact) mass is 254 g/mol. The molecule has 0 saturated heterocycles. The molecule has 0 aromatic heterocycles. The van der Waals surface area contributed by atoms with Gasteiger partial charge in [-0.2, -0.15) is 0 Å². The molecule has 0 unspecified atom stereocenters. The van der Waals surface area contributed by atoms with Gasteiger partial charge in [0.25, 0.3) is 0 Å². The Bertz CT molecular complexity index is 213. The Kier molecular flexibility index (Phi) is 12.3. The van der Waals surface area contributed by atoms with Crippen LogP contribution in [-0.4, -0.2) is 11.6 Å². The zero-order valence-electron chi connectivity index (χ0n) is 12.3. The average molecular weight is 254 g/mol. The molecule has 0 bridgehead atoms. The van der Waals surface area contributed by atoms with Crippen molar-refractivity contribution in [2.45, 2.75) is 90.9 Å². The summed E-state index contributed by atoms with van der Waals surface area (Å²) in [5, 5.41) is 0. The third kappa shape index (κ3) is 13.4. The highest BCUT2D eigenvalue weighted by Crippen LogP contribution is 2.12. The van der Waals surface area contributed by atoms with Crippen LogP contribution in [0.25, 0.3) is 0 Å². The molecule has 1 aliphatic carbocycles. The normalized spacial score (nSPS) is 14.9. The molecular weight excluding hydrogens is 224 g/mol. The van der Waals surface area contributed by atoms with Gasteiger partial charge in [0.15, 0.2) is 0 Å². The first-order chi connectivity index (χ1) is 8.66. The van der Waals surface area contributed by atoms with Crippen LogP contribution in [-0.2, 0) is 9.59 Å². The van der Waals surface area contributed by atoms with Gasteiger partial charge in [-0.15, -0.1) is 0 Å². The van der Waals surface area contributed by atoms with E-state index in [1.807, 2.05) is 0 Å². The van der Waals surface area contributed by atoms with Gasteiger partial charge in [0.2, 0.25) is 0 Å². The van der Waals surface area contributed by atoms with Crippen LogP contribution >= 0.6 is 0 Å². The molecule has 0 heterocycles. The minimum absolute atomic E-state index is 0.334. The fourth-order valence-corrected chi connectivity index (χ4v) is 2.10. The number of hydrogen-bond donors (Lipinski definition) is 0. The largest absolute Gasteiger partial charge is 0.300 e. The Labute approximate surface area is 113 Å². The highest BCUT2D eigenvalue weighted by atomic mass is 16.1. The molecule has 0 amide bonds. The summed E-state index contributed by atoms with van der Waals surface area (Å²) >= 11 is 0. The molecule has 1 fully saturated rings. The van der Waals surface area contributed by atoms with Crippen LogP contribution < -0.4 is 0 Å². The first kappa shape index (κ1) is 17.3. The van der Waals surface area contributed by atoms with Crippen molar-refractivity contribution in [2.75, 3.05) is 0 Å². The van der Waals surface area contributed by atoms with E-state index >= 15 is 0 Å². The van der Waals surface area contributed by atoms with E-state index in [9.17, 15) is 9.59 Å². The van der Waals surface area contributed by atoms with Gasteiger partial charge in [0, 0.05) is 19.3 Å². The highest BCUT2D eigenvalue weighted by Gasteiger charge is 2.05. The minimum atomic E-state index is 0.334. The molecule has 1 rings (SSSR count). The van der Waals surface area contributed by atoms with Crippen LogP contribution in [0, 0.1) is 0 Å². The molecule has 106 valence electrons. The topological polar surface area (TPSA) is 34.1 Å². The SMILES string of the molecule is CCCCCCCCC(C)=O.O=C1CCCCC1. The van der Waals surface area contributed by atoms with Gasteiger partial charge in [-0.1, -0.05) is 45.4 Å². The highest BCUT2D eigenvalue weighted by molar-refractivity contribution is 5.78. The lowest BCUT2D eigenvalue weighted by Gasteiger charge is -2.05. The fraction of sp³-hybridized carbons (Fsp3) is 0.875. The van der Waals surface area contributed by atoms with Gasteiger partial charge >= 0.3 is 0 Å². The molecular formula is C16H30O2. The lowest BCUT2D eigenvalue weighted by molar-refractivity contribution is -0.120. The van der Waals surface area contributed by atoms with Crippen molar-refractivity contribution < 1.29 is 9.59 Å². The van der Waals surface area contributed by atoms with Gasteiger partial charge < -0.3 is 4.79 Å². The minimum Gasteiger partial charge on any atom is -0.300 e. The maximum Gasteiger partial charge on any atom is 0.132 e. The van der Waals surface area contributed by atoms with E-state index < -0.39 is 0 Å². The number of Topliss-reactive ketones (excluding diaryl/α,β-unsaturated/α-hetero) is 2. The van der Waals surface area contributed by atoms with Crippen molar-refractivity contribution >= 4 is 11.6 Å². The van der Waals surface area contributed by atoms with E-state index in [0.717, 1.165) is 38.5 Å². The van der Waals surface area contributed by atoms with Gasteiger partial charge in [0.1, 0.15) is 11.6 Å². The van der Waals surface area contributed by atoms with Crippen LogP contribution in [0.3, 0.4) is 0 Å². The van der Waals surface area contributed by atoms with E-state index in [1.54, 1.807) is 6.92 Å². The average Bonchev–Trinajstić information content (AvgIpc) is 2.35. The number of ketones is 2. The third-order valence-corrected chi connectivity index (χ3v) is 3.29. The van der Waals surface area contributed by atoms with Crippen molar-refractivity contribution in [3.63, 3.8) is 0 Å². The Morgan fingerprint density at radius 2 is 1.50 bits per heavy atom. The summed E-state index contributed by atoms with van der Waals surface area (Å²) in [5.74, 6) is 0.798. The third-order valence-electron chi connectivity index (χ3n) is 3.29. The molecule has 0 aliphatic heterocycles. The number of unbranched alkanes of at least 4 members (excludes halogenated alkanes) is 5. The Balaban J connectivity index is 0.000000351. The smallest absolute Gasteiger partial charge is 0.132 e. The van der Waals surface area contributed by atoms with Crippen LogP contribution in [0.15, 0.2) is 0 Å². The fourth-order valence-electron chi connectivity index (χ4n) is 2.10. The van der Waals surface area contributed by atoms with E-state index in [2.05, 4.69) is 6.92 Å². The van der Waals surface area contributed by atoms with Crippen molar-refractivity contribution in [1.82, 2.24) is 0 Å². The van der Waals surface area contributed by atoms with E-state index in [1.165, 1.54) is 38.5 Å². The zero-order valence-corrected chi connectivity index (χ0v) is 12.3. The second kappa shape index (κ2) is 12.8. The molecule has 2 nitrogen and oxygen atoms in total. The first-order valence-electron chi connectivity index (χ1n) is 7.68. The zero-order chi connectivity index (χ0) is 13.6. The second-order valence-corrected chi connectivity index (χ2v) is 5.32. The van der Waals surface area contributed by atoms with Gasteiger partial charge in [0.05, 0.1) is 0 Å². The van der Waals surface area contributed by atoms with Crippen LogP contribution in [0.1, 0.15) is 90.9 Å². The van der Waals surface area contributed by atoms with Gasteiger partial charge in [-0.25, -0.2) is 0 Å². The predicted molar refractivity (Wildman–Crippen MR) is 76.8 cm³/mol. The maximum absolute atomic E-state index is 10.5. The molecule has 1 aliphatic rings. The summed E-state index contributed by atoms with van der Waals surface area (Å²) in [6, 6.07) is 0. The van der Waals surface area contributed by atoms with Crippen molar-refractivity contribution in [2.24, 2.45) is 0 Å². The van der Waals surface area contributed by atoms with E-state index in [4.69, 9.17) is 0 Å². The Morgan fingerprint density at radius 1 is 0.944 bits per heavy atom. The molecule has 18 heavy (non-hydrogen) atoms. The van der Waals surface area contributed by atoms with Crippen LogP contribution in [0.2, 0.25) is 0 Å². The quantitative estimate of drug-likeness (QED) is 0.609. The molecule has 0 N–H and O–H groups in total. The molecule has 2 heteroatoms. The summed E-state index contributed by atoms with van der Waals surface area (Å²) in [7, 11) is 0. The molecule has 0 atom stereocenters. The van der Waals surface area contributed by atoms with Crippen molar-refractivity contribution in [3.05, 3.63) is 0 Å². The molecule has 0 aromatic carbocycles. The predicted octanol–water partition coefficient (Wildman–Crippen LogP) is 4.85. The van der Waals surface area contributed by atoms with Crippen LogP contribution in [0.5, 0.6) is 0 Å². The van der Waals surface area contributed by atoms with E-state index in [0.29, 0.717) is 11.6 Å². The summed E-state index contributed by atoms with van der Waals surface area (Å²) < 4.78 is 0. The van der Waals surface area contributed by atoms with Crippen molar-refractivity contribution in [1.29, 1.82) is 0 Å². The standard InChI is InChI=1S/C10H20O.C6H10O/c1-3-4-5-6-7-8-9-10(2)11;7-6-4-2-1-3-5-6/h3-9H2,1-2H3;1-5H2. The van der Waals surface area contributed by atoms with Gasteiger partial charge in [-0.3, -0.25) is 4.79 Å². The summed E-state index contributed by atoms with van der Waals surface area (Å²) in [6.07, 6.45) is 13.6. The first-order valence-corrected chi connectivity index (χ1v) is 7.68. The Morgan fingerprint density at radius 3 is 1.94 bits per heavy atom. The molecule has 1 saturated carbocycles. The Hall–Kier alpha value is -0.660. The molecule has 0 radical (unpaired) electrons. The van der Waals surface area contributed by atoms with Crippen LogP contribution in [0.4, 0.5) is 0 Å². The summed E-state index contributed by atoms with van der Waals surface area (Å²) in [6.45, 7) is 3.89. The number of rotatable bonds is 7. The summed E-state index contributed by atoms with van der Waals surface area (Å²) in [4.78, 5) is 21.0. The number of carbonyl (C=O) groups is 2. The second-order valence-electron chi connectivity index (χ2n) is 5.32. The lowest BCUT2D eigenvalue weighted by atomic mass is 10.00. The lowest BCUT2D eigenvalue weighted by Crippen LogP contribution is -2.02. The summed E-state index contributed by atoms with van der Waals surface area (Å²) in [5.41, 5.74) is 0. The number of hydrogen-bond acceptors (Lipinski definition) is 2. The maximum atomic E-state index is 10.5. The number of carbonyl (C=O) groups excluding carboxylic acids is 2. The van der Waals surface area contributed by atoms with Crippen molar-refractivity contribution in [3.8, 4) is 0 Å².